The van der Waals surface area contributed by atoms with Gasteiger partial charge in [-0.3, -0.25) is 9.59 Å². The maximum absolute atomic E-state index is 12.5. The average molecular weight is 358 g/mol. The van der Waals surface area contributed by atoms with Crippen molar-refractivity contribution in [2.75, 3.05) is 26.7 Å². The van der Waals surface area contributed by atoms with E-state index in [4.69, 9.17) is 0 Å². The van der Waals surface area contributed by atoms with Crippen LogP contribution >= 0.6 is 0 Å². The summed E-state index contributed by atoms with van der Waals surface area (Å²) in [5.74, 6) is 2.84. The Hall–Kier alpha value is -1.96. The van der Waals surface area contributed by atoms with Gasteiger partial charge in [-0.25, -0.2) is 0 Å². The highest BCUT2D eigenvalue weighted by Gasteiger charge is 2.61. The third-order valence-corrected chi connectivity index (χ3v) is 7.07. The Balaban J connectivity index is 1.12. The Morgan fingerprint density at radius 2 is 2.12 bits per heavy atom. The highest BCUT2D eigenvalue weighted by Crippen LogP contribution is 2.69. The zero-order chi connectivity index (χ0) is 17.9. The monoisotopic (exact) mass is 358 g/mol. The van der Waals surface area contributed by atoms with Gasteiger partial charge in [0.25, 0.3) is 5.91 Å². The van der Waals surface area contributed by atoms with E-state index in [-0.39, 0.29) is 17.9 Å². The van der Waals surface area contributed by atoms with E-state index in [0.717, 1.165) is 24.7 Å². The van der Waals surface area contributed by atoms with Crippen LogP contribution < -0.4 is 10.6 Å². The number of carbonyl (C=O) groups excluding carboxylic acids is 2. The van der Waals surface area contributed by atoms with Gasteiger partial charge in [0.15, 0.2) is 0 Å². The summed E-state index contributed by atoms with van der Waals surface area (Å²) >= 11 is 0. The number of nitrogens with one attached hydrogen (secondary N) is 2. The lowest BCUT2D eigenvalue weighted by molar-refractivity contribution is -0.147. The largest absolute Gasteiger partial charge is 0.354 e. The fourth-order valence-corrected chi connectivity index (χ4v) is 5.30. The standard InChI is InChI=1S/C18H26N6O2/c1-23-4-5-24-14(21-22-15(24)17(23)26)2-3-19-16(25)13-6-12(10-20-13)18-7-11(8-18)9-18/h11-13,20H,2-10H2,1H3,(H,19,25)/t11?,12?,13-,18?/m0/s1. The second-order valence-electron chi connectivity index (χ2n) is 8.59. The van der Waals surface area contributed by atoms with E-state index in [1.807, 2.05) is 4.57 Å². The van der Waals surface area contributed by atoms with Crippen molar-refractivity contribution in [3.63, 3.8) is 0 Å². The van der Waals surface area contributed by atoms with Gasteiger partial charge in [-0.2, -0.15) is 0 Å². The Morgan fingerprint density at radius 3 is 2.85 bits per heavy atom. The van der Waals surface area contributed by atoms with Gasteiger partial charge in [0.1, 0.15) is 5.82 Å². The van der Waals surface area contributed by atoms with Gasteiger partial charge in [0.05, 0.1) is 6.04 Å². The van der Waals surface area contributed by atoms with Gasteiger partial charge in [0.2, 0.25) is 11.7 Å². The molecule has 26 heavy (non-hydrogen) atoms. The van der Waals surface area contributed by atoms with Gasteiger partial charge < -0.3 is 20.1 Å². The lowest BCUT2D eigenvalue weighted by atomic mass is 9.40. The smallest absolute Gasteiger partial charge is 0.291 e. The predicted molar refractivity (Wildman–Crippen MR) is 93.4 cm³/mol. The van der Waals surface area contributed by atoms with Gasteiger partial charge in [-0.05, 0) is 49.5 Å². The van der Waals surface area contributed by atoms with Crippen molar-refractivity contribution in [2.45, 2.75) is 44.7 Å². The number of amides is 2. The Labute approximate surface area is 152 Å². The molecule has 2 atom stereocenters. The third-order valence-electron chi connectivity index (χ3n) is 7.07. The average Bonchev–Trinajstić information content (AvgIpc) is 3.16. The third kappa shape index (κ3) is 2.38. The molecule has 1 aromatic rings. The molecule has 2 N–H and O–H groups in total. The zero-order valence-corrected chi connectivity index (χ0v) is 15.2. The minimum absolute atomic E-state index is 0.0587. The number of fused-ring (bicyclic) bond motifs is 1. The quantitative estimate of drug-likeness (QED) is 0.761. The van der Waals surface area contributed by atoms with Crippen molar-refractivity contribution in [3.8, 4) is 0 Å². The molecule has 4 fully saturated rings. The first-order valence-electron chi connectivity index (χ1n) is 9.74. The molecular weight excluding hydrogens is 332 g/mol. The van der Waals surface area contributed by atoms with Crippen LogP contribution in [0.3, 0.4) is 0 Å². The molecule has 3 aliphatic carbocycles. The second kappa shape index (κ2) is 5.77. The van der Waals surface area contributed by atoms with Crippen LogP contribution in [0.25, 0.3) is 0 Å². The summed E-state index contributed by atoms with van der Waals surface area (Å²) in [5, 5.41) is 14.6. The van der Waals surface area contributed by atoms with Gasteiger partial charge in [-0.1, -0.05) is 0 Å². The summed E-state index contributed by atoms with van der Waals surface area (Å²) in [6, 6.07) is -0.0587. The van der Waals surface area contributed by atoms with Crippen molar-refractivity contribution in [2.24, 2.45) is 17.3 Å². The molecule has 1 saturated heterocycles. The first kappa shape index (κ1) is 16.2. The van der Waals surface area contributed by atoms with Crippen molar-refractivity contribution in [1.29, 1.82) is 0 Å². The molecule has 1 aromatic heterocycles. The van der Waals surface area contributed by atoms with Crippen LogP contribution in [-0.4, -0.2) is 64.2 Å². The second-order valence-corrected chi connectivity index (χ2v) is 8.59. The van der Waals surface area contributed by atoms with E-state index < -0.39 is 0 Å². The molecule has 2 aliphatic heterocycles. The molecule has 0 radical (unpaired) electrons. The van der Waals surface area contributed by atoms with Crippen molar-refractivity contribution < 1.29 is 9.59 Å². The number of likely N-dealkylation sites (N-methyl/N-ethyl adjacent to an activating group) is 1. The normalized spacial score (nSPS) is 34.9. The summed E-state index contributed by atoms with van der Waals surface area (Å²) in [4.78, 5) is 26.2. The SMILES string of the molecule is CN1CCn2c(CCNC(=O)[C@@H]3CC(C45CC(C4)C5)CN3)nnc2C1=O. The number of rotatable bonds is 5. The van der Waals surface area contributed by atoms with Gasteiger partial charge >= 0.3 is 0 Å². The van der Waals surface area contributed by atoms with E-state index in [2.05, 4.69) is 20.8 Å². The van der Waals surface area contributed by atoms with Crippen LogP contribution in [0.5, 0.6) is 0 Å². The van der Waals surface area contributed by atoms with E-state index in [1.165, 1.54) is 19.3 Å². The molecule has 3 heterocycles. The Kier molecular flexibility index (Phi) is 3.60. The molecule has 8 nitrogen and oxygen atoms in total. The molecule has 3 saturated carbocycles. The van der Waals surface area contributed by atoms with Gasteiger partial charge in [0, 0.05) is 33.1 Å². The lowest BCUT2D eigenvalue weighted by Gasteiger charge is -2.65. The van der Waals surface area contributed by atoms with Crippen LogP contribution in [-0.2, 0) is 17.8 Å². The fourth-order valence-electron chi connectivity index (χ4n) is 5.30. The van der Waals surface area contributed by atoms with Crippen LogP contribution in [0.4, 0.5) is 0 Å². The number of hydrogen-bond donors (Lipinski definition) is 2. The fraction of sp³-hybridized carbons (Fsp3) is 0.778. The summed E-state index contributed by atoms with van der Waals surface area (Å²) in [6.45, 7) is 2.89. The summed E-state index contributed by atoms with van der Waals surface area (Å²) < 4.78 is 1.88. The summed E-state index contributed by atoms with van der Waals surface area (Å²) in [5.41, 5.74) is 0.576. The van der Waals surface area contributed by atoms with Crippen LogP contribution in [0.2, 0.25) is 0 Å². The van der Waals surface area contributed by atoms with Crippen molar-refractivity contribution >= 4 is 11.8 Å². The minimum Gasteiger partial charge on any atom is -0.354 e. The maximum atomic E-state index is 12.5. The van der Waals surface area contributed by atoms with E-state index in [1.54, 1.807) is 11.9 Å². The molecular formula is C18H26N6O2. The first-order chi connectivity index (χ1) is 12.6. The van der Waals surface area contributed by atoms with Crippen molar-refractivity contribution in [3.05, 3.63) is 11.6 Å². The van der Waals surface area contributed by atoms with Crippen molar-refractivity contribution in [1.82, 2.24) is 30.3 Å². The van der Waals surface area contributed by atoms with E-state index in [0.29, 0.717) is 43.2 Å². The number of nitrogens with zero attached hydrogens (tertiary/aromatic N) is 4. The minimum atomic E-state index is -0.0890. The molecule has 1 unspecified atom stereocenters. The number of hydrogen-bond acceptors (Lipinski definition) is 5. The summed E-state index contributed by atoms with van der Waals surface area (Å²) in [6.07, 6.45) is 5.73. The van der Waals surface area contributed by atoms with Crippen LogP contribution in [0, 0.1) is 17.3 Å². The summed E-state index contributed by atoms with van der Waals surface area (Å²) in [7, 11) is 1.77. The highest BCUT2D eigenvalue weighted by atomic mass is 16.2. The zero-order valence-electron chi connectivity index (χ0n) is 15.2. The Morgan fingerprint density at radius 1 is 1.31 bits per heavy atom. The predicted octanol–water partition coefficient (Wildman–Crippen LogP) is -0.199. The van der Waals surface area contributed by atoms with Gasteiger partial charge in [-0.15, -0.1) is 10.2 Å². The number of aromatic nitrogens is 3. The number of carbonyl (C=O) groups is 2. The molecule has 8 heteroatoms. The van der Waals surface area contributed by atoms with E-state index in [9.17, 15) is 9.59 Å². The highest BCUT2D eigenvalue weighted by molar-refractivity contribution is 5.91. The molecule has 0 aromatic carbocycles. The molecule has 140 valence electrons. The molecule has 0 spiro atoms. The Bertz CT molecular complexity index is 742. The van der Waals surface area contributed by atoms with E-state index >= 15 is 0 Å². The maximum Gasteiger partial charge on any atom is 0.291 e. The molecule has 5 aliphatic rings. The molecule has 2 amide bonds. The first-order valence-corrected chi connectivity index (χ1v) is 9.74. The molecule has 6 rings (SSSR count). The lowest BCUT2D eigenvalue weighted by Crippen LogP contribution is -2.56. The topological polar surface area (TPSA) is 92.2 Å². The van der Waals surface area contributed by atoms with Crippen LogP contribution in [0.15, 0.2) is 0 Å². The van der Waals surface area contributed by atoms with Crippen LogP contribution in [0.1, 0.15) is 42.1 Å². The molecule has 2 bridgehead atoms.